The molecule has 4 heteroatoms. The fourth-order valence-corrected chi connectivity index (χ4v) is 3.41. The smallest absolute Gasteiger partial charge is 0.342 e. The highest BCUT2D eigenvalue weighted by Crippen LogP contribution is 2.33. The highest BCUT2D eigenvalue weighted by atomic mass is 16.5. The van der Waals surface area contributed by atoms with E-state index in [2.05, 4.69) is 6.92 Å². The largest absolute Gasteiger partial charge is 0.508 e. The third kappa shape index (κ3) is 5.43. The van der Waals surface area contributed by atoms with E-state index in [9.17, 15) is 15.0 Å². The van der Waals surface area contributed by atoms with Gasteiger partial charge in [-0.05, 0) is 24.5 Å². The van der Waals surface area contributed by atoms with E-state index in [0.29, 0.717) is 12.0 Å². The molecule has 134 valence electrons. The first-order valence-corrected chi connectivity index (χ1v) is 9.37. The maximum absolute atomic E-state index is 12.0. The number of ether oxygens (including phenoxy) is 1. The number of hydrogen-bond acceptors (Lipinski definition) is 4. The van der Waals surface area contributed by atoms with Crippen molar-refractivity contribution < 1.29 is 19.7 Å². The van der Waals surface area contributed by atoms with Crippen LogP contribution < -0.4 is 0 Å². The van der Waals surface area contributed by atoms with Gasteiger partial charge in [0.1, 0.15) is 23.2 Å². The van der Waals surface area contributed by atoms with Crippen molar-refractivity contribution >= 4 is 5.97 Å². The van der Waals surface area contributed by atoms with Gasteiger partial charge < -0.3 is 14.9 Å². The molecule has 4 nitrogen and oxygen atoms in total. The number of esters is 1. The SMILES string of the molecule is CCCCCCCCCCC[C@H]1Cc2cc(O)cc(O)c2C(=O)O1. The predicted octanol–water partition coefficient (Wildman–Crippen LogP) is 5.10. The van der Waals surface area contributed by atoms with E-state index >= 15 is 0 Å². The van der Waals surface area contributed by atoms with E-state index in [1.54, 1.807) is 6.07 Å². The molecule has 24 heavy (non-hydrogen) atoms. The summed E-state index contributed by atoms with van der Waals surface area (Å²) in [5.41, 5.74) is 0.890. The van der Waals surface area contributed by atoms with Gasteiger partial charge in [0.25, 0.3) is 0 Å². The van der Waals surface area contributed by atoms with Gasteiger partial charge in [-0.25, -0.2) is 4.79 Å². The van der Waals surface area contributed by atoms with Crippen molar-refractivity contribution in [2.24, 2.45) is 0 Å². The minimum atomic E-state index is -0.477. The molecule has 1 aromatic rings. The fraction of sp³-hybridized carbons (Fsp3) is 0.650. The van der Waals surface area contributed by atoms with Crippen LogP contribution >= 0.6 is 0 Å². The molecule has 0 radical (unpaired) electrons. The first-order chi connectivity index (χ1) is 11.6. The van der Waals surface area contributed by atoms with Crippen molar-refractivity contribution in [3.63, 3.8) is 0 Å². The Morgan fingerprint density at radius 3 is 2.29 bits per heavy atom. The zero-order valence-corrected chi connectivity index (χ0v) is 14.7. The summed E-state index contributed by atoms with van der Waals surface area (Å²) in [6.07, 6.45) is 12.7. The zero-order chi connectivity index (χ0) is 17.4. The molecule has 1 aliphatic rings. The van der Waals surface area contributed by atoms with Crippen molar-refractivity contribution in [3.05, 3.63) is 23.3 Å². The topological polar surface area (TPSA) is 66.8 Å². The van der Waals surface area contributed by atoms with E-state index in [4.69, 9.17) is 4.74 Å². The monoisotopic (exact) mass is 334 g/mol. The summed E-state index contributed by atoms with van der Waals surface area (Å²) in [4.78, 5) is 12.0. The highest BCUT2D eigenvalue weighted by Gasteiger charge is 2.29. The van der Waals surface area contributed by atoms with E-state index in [1.165, 1.54) is 57.4 Å². The van der Waals surface area contributed by atoms with Crippen LogP contribution in [0.15, 0.2) is 12.1 Å². The number of fused-ring (bicyclic) bond motifs is 1. The number of carbonyl (C=O) groups is 1. The Hall–Kier alpha value is -1.71. The summed E-state index contributed by atoms with van der Waals surface area (Å²) in [5.74, 6) is -0.686. The summed E-state index contributed by atoms with van der Waals surface area (Å²) in [6.45, 7) is 2.24. The number of aromatic hydroxyl groups is 2. The number of hydrogen-bond donors (Lipinski definition) is 2. The molecule has 1 heterocycles. The Labute approximate surface area is 144 Å². The summed E-state index contributed by atoms with van der Waals surface area (Å²) in [6, 6.07) is 2.74. The van der Waals surface area contributed by atoms with Gasteiger partial charge in [-0.15, -0.1) is 0 Å². The number of phenolic OH excluding ortho intramolecular Hbond substituents is 2. The van der Waals surface area contributed by atoms with Gasteiger partial charge in [0.2, 0.25) is 0 Å². The molecule has 0 saturated heterocycles. The first kappa shape index (κ1) is 18.6. The van der Waals surface area contributed by atoms with Crippen LogP contribution in [0.1, 0.15) is 87.1 Å². The second kappa shape index (κ2) is 9.55. The number of unbranched alkanes of at least 4 members (excludes halogenated alkanes) is 8. The normalized spacial score (nSPS) is 16.7. The minimum absolute atomic E-state index is 0.0113. The van der Waals surface area contributed by atoms with E-state index in [1.807, 2.05) is 0 Å². The maximum Gasteiger partial charge on any atom is 0.342 e. The van der Waals surface area contributed by atoms with Crippen LogP contribution in [-0.4, -0.2) is 22.3 Å². The zero-order valence-electron chi connectivity index (χ0n) is 14.7. The predicted molar refractivity (Wildman–Crippen MR) is 94.5 cm³/mol. The molecule has 0 amide bonds. The molecule has 1 atom stereocenters. The molecular weight excluding hydrogens is 304 g/mol. The van der Waals surface area contributed by atoms with Gasteiger partial charge in [0, 0.05) is 12.5 Å². The third-order valence-electron chi connectivity index (χ3n) is 4.74. The highest BCUT2D eigenvalue weighted by molar-refractivity contribution is 5.95. The molecule has 2 rings (SSSR count). The number of carbonyl (C=O) groups excluding carboxylic acids is 1. The molecule has 0 unspecified atom stereocenters. The molecule has 1 aromatic carbocycles. The lowest BCUT2D eigenvalue weighted by atomic mass is 9.94. The first-order valence-electron chi connectivity index (χ1n) is 9.37. The maximum atomic E-state index is 12.0. The molecule has 1 aliphatic heterocycles. The second-order valence-corrected chi connectivity index (χ2v) is 6.85. The van der Waals surface area contributed by atoms with Gasteiger partial charge in [-0.3, -0.25) is 0 Å². The number of phenols is 2. The van der Waals surface area contributed by atoms with Crippen LogP contribution in [0, 0.1) is 0 Å². The van der Waals surface area contributed by atoms with Crippen LogP contribution in [0.3, 0.4) is 0 Å². The average molecular weight is 334 g/mol. The summed E-state index contributed by atoms with van der Waals surface area (Å²) in [7, 11) is 0. The standard InChI is InChI=1S/C20H30O4/c1-2-3-4-5-6-7-8-9-10-11-17-13-15-12-16(21)14-18(22)19(15)20(23)24-17/h12,14,17,21-22H,2-11,13H2,1H3/t17-/m0/s1. The molecule has 0 saturated carbocycles. The van der Waals surface area contributed by atoms with Crippen LogP contribution in [0.5, 0.6) is 11.5 Å². The molecular formula is C20H30O4. The van der Waals surface area contributed by atoms with Crippen molar-refractivity contribution in [2.45, 2.75) is 83.7 Å². The number of cyclic esters (lactones) is 1. The summed E-state index contributed by atoms with van der Waals surface area (Å²) < 4.78 is 5.42. The summed E-state index contributed by atoms with van der Waals surface area (Å²) in [5, 5.41) is 19.4. The lowest BCUT2D eigenvalue weighted by Crippen LogP contribution is -2.27. The Bertz CT molecular complexity index is 539. The Morgan fingerprint density at radius 1 is 1.00 bits per heavy atom. The molecule has 0 bridgehead atoms. The molecule has 0 spiro atoms. The number of benzene rings is 1. The second-order valence-electron chi connectivity index (χ2n) is 6.85. The van der Waals surface area contributed by atoms with Gasteiger partial charge in [0.15, 0.2) is 0 Å². The quantitative estimate of drug-likeness (QED) is 0.461. The van der Waals surface area contributed by atoms with Gasteiger partial charge in [0.05, 0.1) is 0 Å². The van der Waals surface area contributed by atoms with Gasteiger partial charge >= 0.3 is 5.97 Å². The fourth-order valence-electron chi connectivity index (χ4n) is 3.41. The Morgan fingerprint density at radius 2 is 1.62 bits per heavy atom. The minimum Gasteiger partial charge on any atom is -0.508 e. The average Bonchev–Trinajstić information content (AvgIpc) is 2.52. The molecule has 0 aromatic heterocycles. The van der Waals surface area contributed by atoms with E-state index < -0.39 is 5.97 Å². The van der Waals surface area contributed by atoms with Crippen LogP contribution in [0.25, 0.3) is 0 Å². The molecule has 0 aliphatic carbocycles. The molecule has 2 N–H and O–H groups in total. The van der Waals surface area contributed by atoms with Crippen LogP contribution in [0.4, 0.5) is 0 Å². The third-order valence-corrected chi connectivity index (χ3v) is 4.74. The Balaban J connectivity index is 1.67. The van der Waals surface area contributed by atoms with Gasteiger partial charge in [-0.1, -0.05) is 58.3 Å². The molecule has 0 fully saturated rings. The van der Waals surface area contributed by atoms with Gasteiger partial charge in [-0.2, -0.15) is 0 Å². The van der Waals surface area contributed by atoms with Crippen molar-refractivity contribution in [3.8, 4) is 11.5 Å². The lowest BCUT2D eigenvalue weighted by molar-refractivity contribution is 0.0227. The van der Waals surface area contributed by atoms with E-state index in [0.717, 1.165) is 12.8 Å². The van der Waals surface area contributed by atoms with E-state index in [-0.39, 0.29) is 23.2 Å². The summed E-state index contributed by atoms with van der Waals surface area (Å²) >= 11 is 0. The number of rotatable bonds is 10. The van der Waals surface area contributed by atoms with Crippen molar-refractivity contribution in [1.29, 1.82) is 0 Å². The van der Waals surface area contributed by atoms with Crippen LogP contribution in [-0.2, 0) is 11.2 Å². The lowest BCUT2D eigenvalue weighted by Gasteiger charge is -2.25. The van der Waals surface area contributed by atoms with Crippen molar-refractivity contribution in [2.75, 3.05) is 0 Å². The Kier molecular flexibility index (Phi) is 7.41. The van der Waals surface area contributed by atoms with Crippen molar-refractivity contribution in [1.82, 2.24) is 0 Å². The van der Waals surface area contributed by atoms with Crippen LogP contribution in [0.2, 0.25) is 0 Å².